The van der Waals surface area contributed by atoms with Crippen molar-refractivity contribution in [3.8, 4) is 27.9 Å². The molecule has 0 fully saturated rings. The van der Waals surface area contributed by atoms with Gasteiger partial charge in [-0.3, -0.25) is 0 Å². The summed E-state index contributed by atoms with van der Waals surface area (Å²) in [7, 11) is -5.48. The monoisotopic (exact) mass is 1160 g/mol. The van der Waals surface area contributed by atoms with Crippen LogP contribution in [-0.4, -0.2) is 16.1 Å². The summed E-state index contributed by atoms with van der Waals surface area (Å²) < 4.78 is 2.17. The van der Waals surface area contributed by atoms with E-state index >= 15 is 0 Å². The zero-order chi connectivity index (χ0) is 59.0. The van der Waals surface area contributed by atoms with Gasteiger partial charge in [0.25, 0.3) is 0 Å². The number of benzene rings is 13. The average Bonchev–Trinajstić information content (AvgIpc) is 2.58. The highest BCUT2D eigenvalue weighted by Crippen LogP contribution is 2.39. The van der Waals surface area contributed by atoms with Crippen molar-refractivity contribution < 1.29 is 4.57 Å². The maximum atomic E-state index is 2.39. The Morgan fingerprint density at radius 1 is 0.170 bits per heavy atom. The zero-order valence-corrected chi connectivity index (χ0v) is 50.8. The standard InChI is InChI=1S/C83H64N3Si2/c1-9-25-65(26-10-1)66-41-47-70(48-42-66)85(73-53-57-82(58-54-73)87(76-29-13-3-14-30-76,77-31-15-4-16-32-77)78-33-17-5-18-34-78)71-49-43-67(44-50-71)68-45-51-72(52-46-68)86(75-61-63-84(64-62-75)69-27-11-2-12-28-69)74-55-59-83(60-56-74)88(79-35-19-6-20-36-79,80-37-21-7-22-38-80)81-39-23-8-24-40-81/h1-64H/q+1. The quantitative estimate of drug-likeness (QED) is 0.0511. The van der Waals surface area contributed by atoms with Crippen LogP contribution in [0.2, 0.25) is 0 Å². The molecule has 0 atom stereocenters. The van der Waals surface area contributed by atoms with Gasteiger partial charge in [-0.2, -0.15) is 4.57 Å². The van der Waals surface area contributed by atoms with Gasteiger partial charge in [-0.05, 0) is 124 Å². The Hall–Kier alpha value is -11.0. The maximum Gasteiger partial charge on any atom is 0.210 e. The van der Waals surface area contributed by atoms with Gasteiger partial charge in [0.15, 0.2) is 28.5 Å². The number of hydrogen-bond donors (Lipinski definition) is 0. The van der Waals surface area contributed by atoms with Gasteiger partial charge in [0.2, 0.25) is 5.69 Å². The molecule has 0 radical (unpaired) electrons. The van der Waals surface area contributed by atoms with E-state index < -0.39 is 16.1 Å². The zero-order valence-electron chi connectivity index (χ0n) is 48.8. The molecule has 0 aliphatic rings. The molecule has 0 spiro atoms. The fourth-order valence-electron chi connectivity index (χ4n) is 13.1. The van der Waals surface area contributed by atoms with E-state index in [1.807, 2.05) is 0 Å². The topological polar surface area (TPSA) is 10.4 Å². The lowest BCUT2D eigenvalue weighted by Crippen LogP contribution is -2.74. The van der Waals surface area contributed by atoms with E-state index in [2.05, 4.69) is 403 Å². The normalized spacial score (nSPS) is 11.4. The number of rotatable bonds is 17. The first kappa shape index (κ1) is 54.9. The van der Waals surface area contributed by atoms with Crippen LogP contribution in [0, 0.1) is 0 Å². The highest BCUT2D eigenvalue weighted by Gasteiger charge is 2.43. The molecule has 0 bridgehead atoms. The minimum Gasteiger partial charge on any atom is -0.311 e. The second-order valence-corrected chi connectivity index (χ2v) is 29.9. The Labute approximate surface area is 519 Å². The molecule has 0 amide bonds. The van der Waals surface area contributed by atoms with Crippen LogP contribution < -0.4 is 55.9 Å². The number of aromatic nitrogens is 1. The third-order valence-corrected chi connectivity index (χ3v) is 26.9. The predicted molar refractivity (Wildman–Crippen MR) is 375 cm³/mol. The lowest BCUT2D eigenvalue weighted by Gasteiger charge is -2.35. The van der Waals surface area contributed by atoms with Crippen molar-refractivity contribution in [3.05, 3.63) is 389 Å². The first-order chi connectivity index (χ1) is 43.6. The van der Waals surface area contributed by atoms with E-state index in [4.69, 9.17) is 0 Å². The molecule has 3 nitrogen and oxygen atoms in total. The lowest BCUT2D eigenvalue weighted by molar-refractivity contribution is -0.595. The smallest absolute Gasteiger partial charge is 0.210 e. The summed E-state index contributed by atoms with van der Waals surface area (Å²) >= 11 is 0. The van der Waals surface area contributed by atoms with Gasteiger partial charge in [0.05, 0.1) is 5.69 Å². The van der Waals surface area contributed by atoms with Gasteiger partial charge in [-0.25, -0.2) is 0 Å². The van der Waals surface area contributed by atoms with Crippen LogP contribution in [0.4, 0.5) is 34.1 Å². The van der Waals surface area contributed by atoms with Crippen LogP contribution >= 0.6 is 0 Å². The molecule has 88 heavy (non-hydrogen) atoms. The molecule has 0 saturated heterocycles. The fourth-order valence-corrected chi connectivity index (χ4v) is 22.6. The predicted octanol–water partition coefficient (Wildman–Crippen LogP) is 15.0. The van der Waals surface area contributed by atoms with Crippen LogP contribution in [0.15, 0.2) is 389 Å². The third-order valence-electron chi connectivity index (χ3n) is 17.3. The molecule has 13 aromatic carbocycles. The Balaban J connectivity index is 0.829. The molecular formula is C83H64N3Si2+. The Bertz CT molecular complexity index is 4020. The van der Waals surface area contributed by atoms with Crippen LogP contribution in [0.3, 0.4) is 0 Å². The molecule has 0 N–H and O–H groups in total. The summed E-state index contributed by atoms with van der Waals surface area (Å²) in [5.74, 6) is 0. The molecule has 14 aromatic rings. The average molecular weight is 1160 g/mol. The summed E-state index contributed by atoms with van der Waals surface area (Å²) in [4.78, 5) is 4.76. The molecule has 5 heteroatoms. The summed E-state index contributed by atoms with van der Waals surface area (Å²) in [5.41, 5.74) is 12.2. The van der Waals surface area contributed by atoms with Crippen molar-refractivity contribution in [1.82, 2.24) is 0 Å². The van der Waals surface area contributed by atoms with Crippen LogP contribution in [-0.2, 0) is 0 Å². The highest BCUT2D eigenvalue weighted by molar-refractivity contribution is 7.20. The number of pyridine rings is 1. The van der Waals surface area contributed by atoms with Crippen LogP contribution in [0.1, 0.15) is 0 Å². The first-order valence-corrected chi connectivity index (χ1v) is 34.2. The number of nitrogens with zero attached hydrogens (tertiary/aromatic N) is 3. The Morgan fingerprint density at radius 2 is 0.364 bits per heavy atom. The molecule has 14 rings (SSSR count). The lowest BCUT2D eigenvalue weighted by atomic mass is 10.0. The van der Waals surface area contributed by atoms with E-state index in [0.29, 0.717) is 0 Å². The van der Waals surface area contributed by atoms with Gasteiger partial charge in [-0.15, -0.1) is 0 Å². The second kappa shape index (κ2) is 24.9. The van der Waals surface area contributed by atoms with E-state index in [-0.39, 0.29) is 0 Å². The second-order valence-electron chi connectivity index (χ2n) is 22.3. The van der Waals surface area contributed by atoms with E-state index in [1.165, 1.54) is 52.6 Å². The Morgan fingerprint density at radius 3 is 0.625 bits per heavy atom. The van der Waals surface area contributed by atoms with Crippen molar-refractivity contribution in [2.45, 2.75) is 0 Å². The van der Waals surface area contributed by atoms with Crippen molar-refractivity contribution in [2.24, 2.45) is 0 Å². The number of para-hydroxylation sites is 1. The van der Waals surface area contributed by atoms with Crippen molar-refractivity contribution in [1.29, 1.82) is 0 Å². The minimum atomic E-state index is -2.74. The minimum absolute atomic E-state index is 1.06. The van der Waals surface area contributed by atoms with Gasteiger partial charge in [0, 0.05) is 52.7 Å². The molecule has 0 aliphatic carbocycles. The fraction of sp³-hybridized carbons (Fsp3) is 0. The molecule has 1 aromatic heterocycles. The summed E-state index contributed by atoms with van der Waals surface area (Å²) in [5, 5.41) is 10.8. The summed E-state index contributed by atoms with van der Waals surface area (Å²) in [6.45, 7) is 0. The van der Waals surface area contributed by atoms with E-state index in [9.17, 15) is 0 Å². The van der Waals surface area contributed by atoms with Crippen molar-refractivity contribution in [2.75, 3.05) is 9.80 Å². The van der Waals surface area contributed by atoms with Gasteiger partial charge < -0.3 is 9.80 Å². The molecule has 0 aliphatic heterocycles. The van der Waals surface area contributed by atoms with Crippen LogP contribution in [0.5, 0.6) is 0 Å². The largest absolute Gasteiger partial charge is 0.311 e. The van der Waals surface area contributed by atoms with Gasteiger partial charge in [0.1, 0.15) is 0 Å². The third kappa shape index (κ3) is 10.6. The molecule has 0 saturated carbocycles. The first-order valence-electron chi connectivity index (χ1n) is 30.2. The maximum absolute atomic E-state index is 2.74. The SMILES string of the molecule is c1ccc(-c2ccc(N(c3ccc(-c4ccc(N(c5ccc([Si](c6ccccc6)(c6ccccc6)c6ccccc6)cc5)c5cc[n+](-c6ccccc6)cc5)cc4)cc3)c3ccc([Si](c4ccccc4)(c4ccccc4)c4ccccc4)cc3)cc2)cc1. The van der Waals surface area contributed by atoms with Crippen molar-refractivity contribution in [3.63, 3.8) is 0 Å². The number of hydrogen-bond acceptors (Lipinski definition) is 2. The molecular weight excluding hydrogens is 1100 g/mol. The van der Waals surface area contributed by atoms with Crippen LogP contribution in [0.25, 0.3) is 27.9 Å². The van der Waals surface area contributed by atoms with E-state index in [0.717, 1.165) is 50.9 Å². The van der Waals surface area contributed by atoms with Gasteiger partial charge >= 0.3 is 0 Å². The summed E-state index contributed by atoms with van der Waals surface area (Å²) in [6, 6.07) is 138. The number of anilines is 6. The highest BCUT2D eigenvalue weighted by atomic mass is 28.3. The Kier molecular flexibility index (Phi) is 15.6. The molecule has 0 unspecified atom stereocenters. The molecule has 1 heterocycles. The van der Waals surface area contributed by atoms with Gasteiger partial charge in [-0.1, -0.05) is 291 Å². The van der Waals surface area contributed by atoms with Crippen molar-refractivity contribution >= 4 is 91.8 Å². The van der Waals surface area contributed by atoms with E-state index in [1.54, 1.807) is 0 Å². The summed E-state index contributed by atoms with van der Waals surface area (Å²) in [6.07, 6.45) is 4.31. The molecule has 418 valence electrons.